The van der Waals surface area contributed by atoms with Gasteiger partial charge in [0.2, 0.25) is 0 Å². The summed E-state index contributed by atoms with van der Waals surface area (Å²) >= 11 is 5.93. The van der Waals surface area contributed by atoms with Crippen LogP contribution in [0.1, 0.15) is 42.1 Å². The average Bonchev–Trinajstić information content (AvgIpc) is 2.84. The molecule has 0 saturated carbocycles. The lowest BCUT2D eigenvalue weighted by atomic mass is 10.0. The van der Waals surface area contributed by atoms with Crippen LogP contribution >= 0.6 is 11.6 Å². The van der Waals surface area contributed by atoms with Gasteiger partial charge in [-0.05, 0) is 86.3 Å². The molecule has 0 aliphatic carbocycles. The molecule has 1 atom stereocenters. The van der Waals surface area contributed by atoms with E-state index in [4.69, 9.17) is 21.1 Å². The van der Waals surface area contributed by atoms with Crippen LogP contribution < -0.4 is 19.7 Å². The van der Waals surface area contributed by atoms with E-state index in [2.05, 4.69) is 29.3 Å². The molecule has 1 fully saturated rings. The molecule has 6 heteroatoms. The molecule has 3 aromatic carbocycles. The van der Waals surface area contributed by atoms with Crippen molar-refractivity contribution in [2.24, 2.45) is 0 Å². The van der Waals surface area contributed by atoms with Gasteiger partial charge in [0.05, 0.1) is 7.11 Å². The number of hydrogen-bond donors (Lipinski definition) is 1. The van der Waals surface area contributed by atoms with Crippen LogP contribution in [0, 0.1) is 0 Å². The van der Waals surface area contributed by atoms with Crippen molar-refractivity contribution in [1.29, 1.82) is 0 Å². The lowest BCUT2D eigenvalue weighted by molar-refractivity contribution is 0.102. The third-order valence-corrected chi connectivity index (χ3v) is 6.25. The highest BCUT2D eigenvalue weighted by atomic mass is 35.5. The van der Waals surface area contributed by atoms with E-state index in [1.165, 1.54) is 24.9 Å². The number of carbonyl (C=O) groups excluding carboxylic acids is 1. The van der Waals surface area contributed by atoms with E-state index in [0.717, 1.165) is 17.8 Å². The zero-order valence-corrected chi connectivity index (χ0v) is 19.8. The molecule has 0 bridgehead atoms. The average molecular weight is 465 g/mol. The lowest BCUT2D eigenvalue weighted by Crippen LogP contribution is -2.37. The minimum atomic E-state index is -0.198. The predicted molar refractivity (Wildman–Crippen MR) is 134 cm³/mol. The Hall–Kier alpha value is -3.18. The Morgan fingerprint density at radius 2 is 1.79 bits per heavy atom. The summed E-state index contributed by atoms with van der Waals surface area (Å²) in [6.07, 6.45) is 3.74. The van der Waals surface area contributed by atoms with Crippen LogP contribution in [0.4, 0.5) is 11.4 Å². The van der Waals surface area contributed by atoms with Gasteiger partial charge in [0.1, 0.15) is 6.61 Å². The van der Waals surface area contributed by atoms with Gasteiger partial charge in [-0.3, -0.25) is 4.79 Å². The molecular formula is C27H29ClN2O3. The molecule has 1 N–H and O–H groups in total. The van der Waals surface area contributed by atoms with Gasteiger partial charge < -0.3 is 19.7 Å². The van der Waals surface area contributed by atoms with Gasteiger partial charge in [0.25, 0.3) is 5.91 Å². The van der Waals surface area contributed by atoms with Crippen molar-refractivity contribution < 1.29 is 14.3 Å². The fourth-order valence-electron chi connectivity index (χ4n) is 4.09. The van der Waals surface area contributed by atoms with E-state index in [1.54, 1.807) is 25.3 Å². The van der Waals surface area contributed by atoms with Crippen LogP contribution in [-0.4, -0.2) is 25.6 Å². The first-order valence-electron chi connectivity index (χ1n) is 11.3. The molecule has 172 valence electrons. The van der Waals surface area contributed by atoms with E-state index < -0.39 is 0 Å². The lowest BCUT2D eigenvalue weighted by Gasteiger charge is -2.35. The minimum absolute atomic E-state index is 0.198. The van der Waals surface area contributed by atoms with Crippen LogP contribution in [0.5, 0.6) is 11.5 Å². The number of piperidine rings is 1. The van der Waals surface area contributed by atoms with Crippen LogP contribution in [0.25, 0.3) is 0 Å². The summed E-state index contributed by atoms with van der Waals surface area (Å²) < 4.78 is 11.3. The number of nitrogens with zero attached hydrogens (tertiary/aromatic N) is 1. The first-order chi connectivity index (χ1) is 16.0. The Kier molecular flexibility index (Phi) is 7.40. The molecule has 0 unspecified atom stereocenters. The number of rotatable bonds is 7. The predicted octanol–water partition coefficient (Wildman–Crippen LogP) is 6.56. The maximum absolute atomic E-state index is 12.8. The number of anilines is 2. The topological polar surface area (TPSA) is 50.8 Å². The smallest absolute Gasteiger partial charge is 0.255 e. The molecule has 0 radical (unpaired) electrons. The second-order valence-corrected chi connectivity index (χ2v) is 8.76. The molecule has 1 amide bonds. The summed E-state index contributed by atoms with van der Waals surface area (Å²) in [6.45, 7) is 3.73. The number of halogens is 1. The van der Waals surface area contributed by atoms with Gasteiger partial charge in [-0.2, -0.15) is 0 Å². The Balaban J connectivity index is 1.40. The van der Waals surface area contributed by atoms with Crippen LogP contribution in [0.15, 0.2) is 66.7 Å². The fourth-order valence-corrected chi connectivity index (χ4v) is 4.22. The number of carbonyl (C=O) groups is 1. The number of hydrogen-bond acceptors (Lipinski definition) is 4. The zero-order valence-electron chi connectivity index (χ0n) is 19.0. The van der Waals surface area contributed by atoms with Crippen molar-refractivity contribution >= 4 is 28.9 Å². The third kappa shape index (κ3) is 5.79. The maximum atomic E-state index is 12.8. The van der Waals surface area contributed by atoms with Gasteiger partial charge in [0.15, 0.2) is 11.5 Å². The normalized spacial score (nSPS) is 15.7. The number of amides is 1. The highest BCUT2D eigenvalue weighted by Gasteiger charge is 2.18. The SMILES string of the molecule is COc1cc(C(=O)Nc2ccc(N3CCCC[C@@H]3C)cc2)ccc1OCc1ccc(Cl)cc1. The summed E-state index contributed by atoms with van der Waals surface area (Å²) in [6, 6.07) is 21.3. The van der Waals surface area contributed by atoms with Gasteiger partial charge in [-0.25, -0.2) is 0 Å². The second-order valence-electron chi connectivity index (χ2n) is 8.32. The van der Waals surface area contributed by atoms with Crippen molar-refractivity contribution in [3.63, 3.8) is 0 Å². The third-order valence-electron chi connectivity index (χ3n) is 5.99. The highest BCUT2D eigenvalue weighted by Crippen LogP contribution is 2.30. The fraction of sp³-hybridized carbons (Fsp3) is 0.296. The molecule has 1 aliphatic rings. The Morgan fingerprint density at radius 1 is 1.03 bits per heavy atom. The Labute approximate surface area is 200 Å². The first-order valence-corrected chi connectivity index (χ1v) is 11.6. The second kappa shape index (κ2) is 10.6. The molecule has 1 aliphatic heterocycles. The Bertz CT molecular complexity index is 1080. The van der Waals surface area contributed by atoms with Crippen molar-refractivity contribution in [3.8, 4) is 11.5 Å². The molecule has 1 heterocycles. The van der Waals surface area contributed by atoms with Gasteiger partial charge in [0, 0.05) is 34.5 Å². The first kappa shape index (κ1) is 23.0. The van der Waals surface area contributed by atoms with Crippen LogP contribution in [0.3, 0.4) is 0 Å². The number of benzene rings is 3. The Morgan fingerprint density at radius 3 is 2.48 bits per heavy atom. The highest BCUT2D eigenvalue weighted by molar-refractivity contribution is 6.30. The van der Waals surface area contributed by atoms with E-state index in [0.29, 0.717) is 34.7 Å². The van der Waals surface area contributed by atoms with Gasteiger partial charge in [-0.15, -0.1) is 0 Å². The van der Waals surface area contributed by atoms with Crippen molar-refractivity contribution in [2.75, 3.05) is 23.9 Å². The quantitative estimate of drug-likeness (QED) is 0.430. The molecule has 4 rings (SSSR count). The van der Waals surface area contributed by atoms with Crippen LogP contribution in [0.2, 0.25) is 5.02 Å². The standard InChI is InChI=1S/C27H29ClN2O3/c1-19-5-3-4-16-30(19)24-13-11-23(12-14-24)29-27(31)21-8-15-25(26(17-21)32-2)33-18-20-6-9-22(28)10-7-20/h6-15,17,19H,3-5,16,18H2,1-2H3,(H,29,31)/t19-/m0/s1. The number of methoxy groups -OCH3 is 1. The summed E-state index contributed by atoms with van der Waals surface area (Å²) in [5.41, 5.74) is 3.45. The van der Waals surface area contributed by atoms with Gasteiger partial charge >= 0.3 is 0 Å². The summed E-state index contributed by atoms with van der Waals surface area (Å²) in [5.74, 6) is 0.881. The van der Waals surface area contributed by atoms with Crippen molar-refractivity contribution in [3.05, 3.63) is 82.9 Å². The molecule has 1 saturated heterocycles. The molecular weight excluding hydrogens is 436 g/mol. The van der Waals surface area contributed by atoms with E-state index in [-0.39, 0.29) is 5.91 Å². The molecule has 5 nitrogen and oxygen atoms in total. The van der Waals surface area contributed by atoms with Crippen molar-refractivity contribution in [1.82, 2.24) is 0 Å². The summed E-state index contributed by atoms with van der Waals surface area (Å²) in [4.78, 5) is 15.2. The zero-order chi connectivity index (χ0) is 23.2. The van der Waals surface area contributed by atoms with Crippen LogP contribution in [-0.2, 0) is 6.61 Å². The monoisotopic (exact) mass is 464 g/mol. The van der Waals surface area contributed by atoms with E-state index >= 15 is 0 Å². The summed E-state index contributed by atoms with van der Waals surface area (Å²) in [7, 11) is 1.56. The molecule has 3 aromatic rings. The molecule has 33 heavy (non-hydrogen) atoms. The van der Waals surface area contributed by atoms with E-state index in [9.17, 15) is 4.79 Å². The largest absolute Gasteiger partial charge is 0.493 e. The van der Waals surface area contributed by atoms with E-state index in [1.807, 2.05) is 36.4 Å². The molecule has 0 spiro atoms. The van der Waals surface area contributed by atoms with Gasteiger partial charge in [-0.1, -0.05) is 23.7 Å². The number of ether oxygens (including phenoxy) is 2. The van der Waals surface area contributed by atoms with Crippen molar-refractivity contribution in [2.45, 2.75) is 38.8 Å². The number of nitrogens with one attached hydrogen (secondary N) is 1. The summed E-state index contributed by atoms with van der Waals surface area (Å²) in [5, 5.41) is 3.65. The molecule has 0 aromatic heterocycles. The minimum Gasteiger partial charge on any atom is -0.493 e. The maximum Gasteiger partial charge on any atom is 0.255 e.